The molecule has 0 unspecified atom stereocenters. The van der Waals surface area contributed by atoms with E-state index in [0.29, 0.717) is 30.4 Å². The molecule has 9 nitrogen and oxygen atoms in total. The number of aryl methyl sites for hydroxylation is 1. The highest BCUT2D eigenvalue weighted by molar-refractivity contribution is 6.30. The molecule has 0 saturated heterocycles. The molecule has 2 aromatic carbocycles. The third-order valence-electron chi connectivity index (χ3n) is 6.44. The largest absolute Gasteiger partial charge is 0.484 e. The van der Waals surface area contributed by atoms with E-state index in [1.807, 2.05) is 11.5 Å². The zero-order valence-corrected chi connectivity index (χ0v) is 24.1. The van der Waals surface area contributed by atoms with Gasteiger partial charge in [0.1, 0.15) is 12.4 Å². The summed E-state index contributed by atoms with van der Waals surface area (Å²) in [6.45, 7) is 7.75. The fraction of sp³-hybridized carbons (Fsp3) is 0.333. The number of rotatable bonds is 10. The quantitative estimate of drug-likeness (QED) is 0.248. The van der Waals surface area contributed by atoms with Gasteiger partial charge in [-0.25, -0.2) is 19.2 Å². The number of aromatic nitrogens is 4. The summed E-state index contributed by atoms with van der Waals surface area (Å²) in [5, 5.41) is 9.63. The van der Waals surface area contributed by atoms with Crippen LogP contribution in [0.3, 0.4) is 0 Å². The normalized spacial score (nSPS) is 13.1. The predicted molar refractivity (Wildman–Crippen MR) is 156 cm³/mol. The highest BCUT2D eigenvalue weighted by atomic mass is 35.5. The number of imidazole rings is 1. The second kappa shape index (κ2) is 14.2. The van der Waals surface area contributed by atoms with Crippen molar-refractivity contribution >= 4 is 34.2 Å². The molecule has 0 aliphatic carbocycles. The maximum Gasteiger partial charge on any atom is 0.335 e. The molecule has 0 spiro atoms. The Morgan fingerprint density at radius 1 is 1.15 bits per heavy atom. The summed E-state index contributed by atoms with van der Waals surface area (Å²) in [6, 6.07) is 9.25. The molecule has 5 rings (SSSR count). The molecule has 1 aliphatic heterocycles. The lowest BCUT2D eigenvalue weighted by Gasteiger charge is -2.16. The molecule has 4 aromatic rings. The van der Waals surface area contributed by atoms with E-state index in [0.717, 1.165) is 47.7 Å². The van der Waals surface area contributed by atoms with Gasteiger partial charge in [-0.05, 0) is 55.3 Å². The molecule has 11 heteroatoms. The second-order valence-corrected chi connectivity index (χ2v) is 9.87. The van der Waals surface area contributed by atoms with Crippen LogP contribution in [0, 0.1) is 5.82 Å². The molecule has 1 aliphatic rings. The van der Waals surface area contributed by atoms with Gasteiger partial charge in [-0.3, -0.25) is 9.88 Å². The molecule has 0 atom stereocenters. The number of fused-ring (bicyclic) bond motifs is 1. The third kappa shape index (κ3) is 7.66. The highest BCUT2D eigenvalue weighted by Crippen LogP contribution is 2.25. The number of methoxy groups -OCH3 is 1. The van der Waals surface area contributed by atoms with Crippen molar-refractivity contribution in [1.29, 1.82) is 0 Å². The van der Waals surface area contributed by atoms with E-state index in [1.54, 1.807) is 43.8 Å². The molecular weight excluding hydrogens is 549 g/mol. The number of halogens is 2. The standard InChI is InChI=1S/C26H23ClFN5O3.C4H10O/c1-2-33-23-9-16(26(34)35)3-5-21(23)31-25(33)14-32-8-7-17(13-32)22-12-29-11-19(30-22)15-36-24-6-4-18(27)10-20(24)28;1-3-4-5-2/h3-7,9-12H,2,8,13-15H2,1H3,(H,34,35);3-4H2,1-2H3. The molecule has 0 bridgehead atoms. The number of carboxylic acid groups (broad SMARTS) is 1. The minimum Gasteiger partial charge on any atom is -0.484 e. The van der Waals surface area contributed by atoms with Crippen LogP contribution in [-0.2, 0) is 24.4 Å². The number of carboxylic acids is 1. The lowest BCUT2D eigenvalue weighted by atomic mass is 10.2. The fourth-order valence-corrected chi connectivity index (χ4v) is 4.63. The van der Waals surface area contributed by atoms with Crippen molar-refractivity contribution in [2.45, 2.75) is 40.0 Å². The molecule has 41 heavy (non-hydrogen) atoms. The molecule has 1 N–H and O–H groups in total. The predicted octanol–water partition coefficient (Wildman–Crippen LogP) is 5.86. The lowest BCUT2D eigenvalue weighted by Crippen LogP contribution is -2.22. The Hall–Kier alpha value is -3.86. The Bertz CT molecular complexity index is 1540. The summed E-state index contributed by atoms with van der Waals surface area (Å²) in [5.74, 6) is -0.504. The number of hydrogen-bond donors (Lipinski definition) is 1. The van der Waals surface area contributed by atoms with Crippen molar-refractivity contribution in [1.82, 2.24) is 24.4 Å². The molecular formula is C30H33ClFN5O4. The number of benzene rings is 2. The van der Waals surface area contributed by atoms with Gasteiger partial charge < -0.3 is 19.1 Å². The number of hydrogen-bond acceptors (Lipinski definition) is 7. The Morgan fingerprint density at radius 2 is 1.98 bits per heavy atom. The summed E-state index contributed by atoms with van der Waals surface area (Å²) in [5.41, 5.74) is 4.20. The summed E-state index contributed by atoms with van der Waals surface area (Å²) in [6.07, 6.45) is 6.53. The molecule has 0 saturated carbocycles. The first kappa shape index (κ1) is 30.1. The summed E-state index contributed by atoms with van der Waals surface area (Å²) >= 11 is 5.79. The van der Waals surface area contributed by atoms with Gasteiger partial charge in [-0.15, -0.1) is 0 Å². The third-order valence-corrected chi connectivity index (χ3v) is 6.67. The van der Waals surface area contributed by atoms with Crippen molar-refractivity contribution in [3.05, 3.63) is 88.5 Å². The first-order valence-electron chi connectivity index (χ1n) is 13.3. The van der Waals surface area contributed by atoms with Crippen LogP contribution in [0.1, 0.15) is 47.8 Å². The lowest BCUT2D eigenvalue weighted by molar-refractivity contribution is 0.0697. The fourth-order valence-electron chi connectivity index (χ4n) is 4.47. The van der Waals surface area contributed by atoms with Gasteiger partial charge >= 0.3 is 5.97 Å². The number of aromatic carboxylic acids is 1. The van der Waals surface area contributed by atoms with Gasteiger partial charge in [0.05, 0.1) is 46.9 Å². The van der Waals surface area contributed by atoms with E-state index < -0.39 is 11.8 Å². The summed E-state index contributed by atoms with van der Waals surface area (Å²) in [4.78, 5) is 27.3. The number of ether oxygens (including phenoxy) is 2. The molecule has 0 amide bonds. The van der Waals surface area contributed by atoms with E-state index in [-0.39, 0.29) is 17.9 Å². The molecule has 0 radical (unpaired) electrons. The van der Waals surface area contributed by atoms with Crippen LogP contribution in [0.15, 0.2) is 54.9 Å². The average Bonchev–Trinajstić information content (AvgIpc) is 3.57. The van der Waals surface area contributed by atoms with Gasteiger partial charge in [-0.1, -0.05) is 24.6 Å². The van der Waals surface area contributed by atoms with Crippen molar-refractivity contribution in [2.24, 2.45) is 0 Å². The molecule has 2 aromatic heterocycles. The van der Waals surface area contributed by atoms with Crippen molar-refractivity contribution < 1.29 is 23.8 Å². The maximum absolute atomic E-state index is 14.0. The minimum absolute atomic E-state index is 0.0786. The van der Waals surface area contributed by atoms with Gasteiger partial charge in [0.15, 0.2) is 11.6 Å². The second-order valence-electron chi connectivity index (χ2n) is 9.43. The Labute approximate surface area is 243 Å². The number of nitrogens with zero attached hydrogens (tertiary/aromatic N) is 5. The Balaban J connectivity index is 0.000000714. The van der Waals surface area contributed by atoms with Gasteiger partial charge in [0.25, 0.3) is 0 Å². The van der Waals surface area contributed by atoms with Crippen LogP contribution in [0.25, 0.3) is 16.6 Å². The van der Waals surface area contributed by atoms with Crippen LogP contribution >= 0.6 is 11.6 Å². The van der Waals surface area contributed by atoms with Crippen molar-refractivity contribution in [2.75, 3.05) is 26.8 Å². The maximum atomic E-state index is 14.0. The van der Waals surface area contributed by atoms with E-state index in [1.165, 1.54) is 12.1 Å². The van der Waals surface area contributed by atoms with E-state index >= 15 is 0 Å². The zero-order chi connectivity index (χ0) is 29.4. The van der Waals surface area contributed by atoms with Crippen LogP contribution in [0.2, 0.25) is 5.02 Å². The van der Waals surface area contributed by atoms with Crippen LogP contribution in [0.4, 0.5) is 4.39 Å². The van der Waals surface area contributed by atoms with Crippen LogP contribution in [0.5, 0.6) is 5.75 Å². The average molecular weight is 582 g/mol. The van der Waals surface area contributed by atoms with E-state index in [2.05, 4.69) is 27.9 Å². The first-order chi connectivity index (χ1) is 19.8. The minimum atomic E-state index is -0.956. The molecule has 3 heterocycles. The van der Waals surface area contributed by atoms with E-state index in [9.17, 15) is 14.3 Å². The molecule has 0 fully saturated rings. The van der Waals surface area contributed by atoms with Crippen LogP contribution < -0.4 is 4.74 Å². The Kier molecular flexibility index (Phi) is 10.4. The highest BCUT2D eigenvalue weighted by Gasteiger charge is 2.21. The summed E-state index contributed by atoms with van der Waals surface area (Å²) in [7, 11) is 1.71. The van der Waals surface area contributed by atoms with Gasteiger partial charge in [0.2, 0.25) is 0 Å². The first-order valence-corrected chi connectivity index (χ1v) is 13.7. The van der Waals surface area contributed by atoms with Gasteiger partial charge in [0, 0.05) is 38.4 Å². The van der Waals surface area contributed by atoms with Crippen molar-refractivity contribution in [3.8, 4) is 5.75 Å². The Morgan fingerprint density at radius 3 is 2.66 bits per heavy atom. The van der Waals surface area contributed by atoms with Crippen molar-refractivity contribution in [3.63, 3.8) is 0 Å². The van der Waals surface area contributed by atoms with Gasteiger partial charge in [-0.2, -0.15) is 0 Å². The number of carbonyl (C=O) groups is 1. The topological polar surface area (TPSA) is 103 Å². The van der Waals surface area contributed by atoms with E-state index in [4.69, 9.17) is 26.1 Å². The smallest absolute Gasteiger partial charge is 0.335 e. The van der Waals surface area contributed by atoms with Crippen LogP contribution in [-0.4, -0.2) is 62.3 Å². The SMILES string of the molecule is CCCOC.CCn1c(CN2CC=C(c3cncc(COc4ccc(Cl)cc4F)n3)C2)nc2ccc(C(=O)O)cc21. The molecule has 216 valence electrons. The summed E-state index contributed by atoms with van der Waals surface area (Å²) < 4.78 is 26.3. The monoisotopic (exact) mass is 581 g/mol. The zero-order valence-electron chi connectivity index (χ0n) is 23.3.